The zero-order valence-electron chi connectivity index (χ0n) is 14.8. The van der Waals surface area contributed by atoms with Crippen molar-refractivity contribution in [2.24, 2.45) is 18.4 Å². The van der Waals surface area contributed by atoms with Crippen LogP contribution in [-0.4, -0.2) is 44.3 Å². The number of hydrogen-bond donors (Lipinski definition) is 1. The number of aromatic nitrogens is 4. The molecule has 1 fully saturated rings. The number of aryl methyl sites for hydroxylation is 1. The van der Waals surface area contributed by atoms with Crippen molar-refractivity contribution in [3.8, 4) is 0 Å². The van der Waals surface area contributed by atoms with E-state index in [9.17, 15) is 0 Å². The van der Waals surface area contributed by atoms with E-state index >= 15 is 0 Å². The molecular weight excluding hydrogens is 302 g/mol. The van der Waals surface area contributed by atoms with Gasteiger partial charge < -0.3 is 9.30 Å². The van der Waals surface area contributed by atoms with Crippen LogP contribution in [-0.2, 0) is 24.8 Å². The summed E-state index contributed by atoms with van der Waals surface area (Å²) in [7, 11) is 2.05. The summed E-state index contributed by atoms with van der Waals surface area (Å²) in [6, 6.07) is 0. The maximum atomic E-state index is 6.04. The van der Waals surface area contributed by atoms with Gasteiger partial charge in [0.1, 0.15) is 11.9 Å². The Morgan fingerprint density at radius 2 is 2.29 bits per heavy atom. The number of ether oxygens (including phenoxy) is 1. The van der Waals surface area contributed by atoms with Gasteiger partial charge in [-0.2, -0.15) is 5.10 Å². The largest absolute Gasteiger partial charge is 0.370 e. The highest BCUT2D eigenvalue weighted by Gasteiger charge is 2.36. The van der Waals surface area contributed by atoms with Gasteiger partial charge in [0.05, 0.1) is 6.20 Å². The molecule has 0 aliphatic carbocycles. The van der Waals surface area contributed by atoms with Gasteiger partial charge in [-0.25, -0.2) is 4.98 Å². The quantitative estimate of drug-likeness (QED) is 0.939. The van der Waals surface area contributed by atoms with E-state index in [1.54, 1.807) is 0 Å². The molecule has 130 valence electrons. The Hall–Kier alpha value is -1.66. The lowest BCUT2D eigenvalue weighted by molar-refractivity contribution is 0.0625. The Labute approximate surface area is 143 Å². The molecule has 2 aliphatic rings. The number of H-pyrrole nitrogens is 1. The lowest BCUT2D eigenvalue weighted by Gasteiger charge is -2.32. The van der Waals surface area contributed by atoms with Crippen LogP contribution in [0.5, 0.6) is 0 Å². The van der Waals surface area contributed by atoms with Crippen LogP contribution in [0.15, 0.2) is 18.6 Å². The molecule has 0 amide bonds. The Bertz CT molecular complexity index is 704. The first-order valence-electron chi connectivity index (χ1n) is 8.84. The minimum absolute atomic E-state index is 0.111. The van der Waals surface area contributed by atoms with Crippen LogP contribution in [0.4, 0.5) is 0 Å². The van der Waals surface area contributed by atoms with Crippen LogP contribution >= 0.6 is 0 Å². The van der Waals surface area contributed by atoms with Crippen molar-refractivity contribution in [1.82, 2.24) is 24.6 Å². The van der Waals surface area contributed by atoms with Crippen LogP contribution in [0.25, 0.3) is 0 Å². The molecule has 0 unspecified atom stereocenters. The zero-order chi connectivity index (χ0) is 16.7. The number of fused-ring (bicyclic) bond motifs is 1. The van der Waals surface area contributed by atoms with E-state index in [1.807, 2.05) is 25.6 Å². The molecule has 24 heavy (non-hydrogen) atoms. The average molecular weight is 329 g/mol. The normalized spacial score (nSPS) is 27.1. The Morgan fingerprint density at radius 3 is 3.08 bits per heavy atom. The number of aromatic amines is 1. The first kappa shape index (κ1) is 15.8. The van der Waals surface area contributed by atoms with Gasteiger partial charge in [-0.1, -0.05) is 13.8 Å². The summed E-state index contributed by atoms with van der Waals surface area (Å²) >= 11 is 0. The summed E-state index contributed by atoms with van der Waals surface area (Å²) in [5, 5.41) is 7.45. The number of hydrogen-bond acceptors (Lipinski definition) is 4. The van der Waals surface area contributed by atoms with Crippen LogP contribution in [0.2, 0.25) is 0 Å². The van der Waals surface area contributed by atoms with E-state index in [1.165, 1.54) is 11.3 Å². The standard InChI is InChI=1S/C18H27N5O/c1-18(2)8-15-14(9-20-21-15)11-23(12-18)10-13-4-7-24-16(13)17-19-5-6-22(17)3/h5-6,9,13,16H,4,7-8,10-12H2,1-3H3,(H,20,21)/t13-,16+/m0/s1. The molecule has 4 rings (SSSR count). The highest BCUT2D eigenvalue weighted by Crippen LogP contribution is 2.36. The molecule has 2 aromatic rings. The fourth-order valence-corrected chi connectivity index (χ4v) is 4.28. The van der Waals surface area contributed by atoms with Crippen molar-refractivity contribution >= 4 is 0 Å². The van der Waals surface area contributed by atoms with E-state index < -0.39 is 0 Å². The average Bonchev–Trinajstić information content (AvgIpc) is 3.20. The Kier molecular flexibility index (Phi) is 3.96. The summed E-state index contributed by atoms with van der Waals surface area (Å²) in [6.45, 7) is 8.63. The van der Waals surface area contributed by atoms with Crippen molar-refractivity contribution < 1.29 is 4.74 Å². The van der Waals surface area contributed by atoms with Crippen LogP contribution < -0.4 is 0 Å². The fourth-order valence-electron chi connectivity index (χ4n) is 4.28. The summed E-state index contributed by atoms with van der Waals surface area (Å²) in [4.78, 5) is 7.10. The summed E-state index contributed by atoms with van der Waals surface area (Å²) in [5.41, 5.74) is 2.88. The highest BCUT2D eigenvalue weighted by atomic mass is 16.5. The third kappa shape index (κ3) is 3.00. The number of nitrogens with one attached hydrogen (secondary N) is 1. The summed E-state index contributed by atoms with van der Waals surface area (Å²) < 4.78 is 8.13. The molecule has 1 N–H and O–H groups in total. The maximum absolute atomic E-state index is 6.04. The number of rotatable bonds is 3. The van der Waals surface area contributed by atoms with Gasteiger partial charge in [0.25, 0.3) is 0 Å². The second kappa shape index (κ2) is 6.01. The second-order valence-electron chi connectivity index (χ2n) is 8.12. The topological polar surface area (TPSA) is 59.0 Å². The molecule has 1 saturated heterocycles. The molecule has 2 aromatic heterocycles. The van der Waals surface area contributed by atoms with Crippen LogP contribution in [0, 0.1) is 11.3 Å². The number of nitrogens with zero attached hydrogens (tertiary/aromatic N) is 4. The molecule has 4 heterocycles. The lowest BCUT2D eigenvalue weighted by Crippen LogP contribution is -2.37. The molecular formula is C18H27N5O. The Morgan fingerprint density at radius 1 is 1.42 bits per heavy atom. The molecule has 0 bridgehead atoms. The fraction of sp³-hybridized carbons (Fsp3) is 0.667. The maximum Gasteiger partial charge on any atom is 0.137 e. The van der Waals surface area contributed by atoms with Gasteiger partial charge in [-0.15, -0.1) is 0 Å². The lowest BCUT2D eigenvalue weighted by atomic mass is 9.87. The van der Waals surface area contributed by atoms with Crippen LogP contribution in [0.3, 0.4) is 0 Å². The van der Waals surface area contributed by atoms with Crippen molar-refractivity contribution in [2.75, 3.05) is 19.7 Å². The molecule has 0 saturated carbocycles. The van der Waals surface area contributed by atoms with E-state index in [-0.39, 0.29) is 11.5 Å². The minimum atomic E-state index is 0.111. The third-order valence-electron chi connectivity index (χ3n) is 5.33. The molecule has 6 heteroatoms. The number of imidazole rings is 1. The van der Waals surface area contributed by atoms with Crippen molar-refractivity contribution in [3.63, 3.8) is 0 Å². The molecule has 0 radical (unpaired) electrons. The second-order valence-corrected chi connectivity index (χ2v) is 8.12. The van der Waals surface area contributed by atoms with Gasteiger partial charge in [-0.3, -0.25) is 10.00 Å². The molecule has 2 aliphatic heterocycles. The van der Waals surface area contributed by atoms with E-state index in [4.69, 9.17) is 4.74 Å². The smallest absolute Gasteiger partial charge is 0.137 e. The van der Waals surface area contributed by atoms with E-state index in [0.29, 0.717) is 5.92 Å². The van der Waals surface area contributed by atoms with E-state index in [0.717, 1.165) is 44.9 Å². The predicted octanol–water partition coefficient (Wildman–Crippen LogP) is 2.31. The molecule has 2 atom stereocenters. The van der Waals surface area contributed by atoms with Gasteiger partial charge in [0, 0.05) is 62.9 Å². The monoisotopic (exact) mass is 329 g/mol. The van der Waals surface area contributed by atoms with Gasteiger partial charge in [0.2, 0.25) is 0 Å². The Balaban J connectivity index is 1.53. The van der Waals surface area contributed by atoms with Crippen molar-refractivity contribution in [1.29, 1.82) is 0 Å². The molecule has 0 spiro atoms. The first-order valence-corrected chi connectivity index (χ1v) is 8.84. The van der Waals surface area contributed by atoms with Crippen molar-refractivity contribution in [2.45, 2.75) is 39.3 Å². The predicted molar refractivity (Wildman–Crippen MR) is 91.4 cm³/mol. The molecule has 6 nitrogen and oxygen atoms in total. The zero-order valence-corrected chi connectivity index (χ0v) is 14.8. The van der Waals surface area contributed by atoms with Gasteiger partial charge in [-0.05, 0) is 18.3 Å². The van der Waals surface area contributed by atoms with Crippen molar-refractivity contribution in [3.05, 3.63) is 35.7 Å². The first-order chi connectivity index (χ1) is 11.5. The van der Waals surface area contributed by atoms with E-state index in [2.05, 4.69) is 38.5 Å². The summed E-state index contributed by atoms with van der Waals surface area (Å²) in [6.07, 6.45) is 8.13. The van der Waals surface area contributed by atoms with Gasteiger partial charge in [0.15, 0.2) is 0 Å². The summed E-state index contributed by atoms with van der Waals surface area (Å²) in [5.74, 6) is 1.55. The van der Waals surface area contributed by atoms with Gasteiger partial charge >= 0.3 is 0 Å². The molecule has 0 aromatic carbocycles. The SMILES string of the molecule is Cn1ccnc1[C@@H]1OCC[C@H]1CN1Cc2cn[nH]c2CC(C)(C)C1. The minimum Gasteiger partial charge on any atom is -0.370 e. The third-order valence-corrected chi connectivity index (χ3v) is 5.33. The highest BCUT2D eigenvalue weighted by molar-refractivity contribution is 5.19. The van der Waals surface area contributed by atoms with Crippen LogP contribution in [0.1, 0.15) is 43.5 Å².